The van der Waals surface area contributed by atoms with Gasteiger partial charge in [-0.2, -0.15) is 4.57 Å². The molecule has 2 unspecified atom stereocenters. The molecule has 0 fully saturated rings. The molecule has 1 aromatic heterocycles. The number of aryl methyl sites for hydroxylation is 2. The maximum Gasteiger partial charge on any atom is 0.187 e. The van der Waals surface area contributed by atoms with E-state index in [9.17, 15) is 0 Å². The second-order valence-corrected chi connectivity index (χ2v) is 5.73. The monoisotopic (exact) mass is 245 g/mol. The van der Waals surface area contributed by atoms with Gasteiger partial charge in [0.15, 0.2) is 17.6 Å². The summed E-state index contributed by atoms with van der Waals surface area (Å²) >= 11 is 0. The zero-order valence-electron chi connectivity index (χ0n) is 12.2. The number of aromatic nitrogens is 1. The van der Waals surface area contributed by atoms with Gasteiger partial charge in [-0.1, -0.05) is 6.92 Å². The fraction of sp³-hybridized carbons (Fsp3) is 0.562. The Labute approximate surface area is 111 Å². The van der Waals surface area contributed by atoms with Gasteiger partial charge in [-0.25, -0.2) is 0 Å². The van der Waals surface area contributed by atoms with E-state index in [0.29, 0.717) is 6.04 Å². The number of rotatable bonds is 2. The van der Waals surface area contributed by atoms with E-state index < -0.39 is 0 Å². The first-order chi connectivity index (χ1) is 8.52. The van der Waals surface area contributed by atoms with Crippen molar-refractivity contribution < 1.29 is 4.57 Å². The molecule has 0 aliphatic heterocycles. The minimum absolute atomic E-state index is 0.594. The average Bonchev–Trinajstić information content (AvgIpc) is 2.33. The number of nitrogens with one attached hydrogen (secondary N) is 1. The Morgan fingerprint density at radius 3 is 2.56 bits per heavy atom. The summed E-state index contributed by atoms with van der Waals surface area (Å²) in [5.41, 5.74) is 5.65. The van der Waals surface area contributed by atoms with E-state index >= 15 is 0 Å². The Morgan fingerprint density at radius 1 is 1.17 bits per heavy atom. The molecule has 0 bridgehead atoms. The third-order valence-electron chi connectivity index (χ3n) is 4.18. The molecule has 18 heavy (non-hydrogen) atoms. The standard InChI is InChI=1S/C16H25N2/c1-11-6-7-14(4)18(10-11)16-9-15(17-5)12(2)8-13(16)3/h6-7,10,12,15,17H,8-9H2,1-5H3/q+1. The summed E-state index contributed by atoms with van der Waals surface area (Å²) < 4.78 is 2.38. The van der Waals surface area contributed by atoms with Crippen molar-refractivity contribution in [3.05, 3.63) is 35.2 Å². The smallest absolute Gasteiger partial charge is 0.187 e. The fourth-order valence-corrected chi connectivity index (χ4v) is 2.99. The van der Waals surface area contributed by atoms with Crippen LogP contribution in [0.2, 0.25) is 0 Å². The summed E-state index contributed by atoms with van der Waals surface area (Å²) in [6.45, 7) is 8.97. The van der Waals surface area contributed by atoms with E-state index in [2.05, 4.69) is 63.0 Å². The van der Waals surface area contributed by atoms with Crippen LogP contribution < -0.4 is 9.88 Å². The summed E-state index contributed by atoms with van der Waals surface area (Å²) in [6, 6.07) is 4.99. The molecule has 98 valence electrons. The predicted octanol–water partition coefficient (Wildman–Crippen LogP) is 2.84. The molecular weight excluding hydrogens is 220 g/mol. The van der Waals surface area contributed by atoms with Crippen molar-refractivity contribution in [1.82, 2.24) is 5.32 Å². The number of hydrogen-bond acceptors (Lipinski definition) is 1. The first-order valence-corrected chi connectivity index (χ1v) is 6.88. The van der Waals surface area contributed by atoms with Gasteiger partial charge >= 0.3 is 0 Å². The second kappa shape index (κ2) is 5.23. The van der Waals surface area contributed by atoms with Crippen molar-refractivity contribution in [2.75, 3.05) is 7.05 Å². The molecule has 1 heterocycles. The van der Waals surface area contributed by atoms with Gasteiger partial charge in [-0.15, -0.1) is 0 Å². The second-order valence-electron chi connectivity index (χ2n) is 5.73. The molecule has 1 N–H and O–H groups in total. The highest BCUT2D eigenvalue weighted by Crippen LogP contribution is 2.29. The van der Waals surface area contributed by atoms with Gasteiger partial charge < -0.3 is 5.32 Å². The van der Waals surface area contributed by atoms with Gasteiger partial charge in [0, 0.05) is 31.0 Å². The minimum Gasteiger partial charge on any atom is -0.316 e. The van der Waals surface area contributed by atoms with Crippen LogP contribution in [0.4, 0.5) is 0 Å². The van der Waals surface area contributed by atoms with Crippen LogP contribution in [0.25, 0.3) is 5.70 Å². The van der Waals surface area contributed by atoms with Crippen molar-refractivity contribution in [2.45, 2.75) is 46.6 Å². The fourth-order valence-electron chi connectivity index (χ4n) is 2.99. The first kappa shape index (κ1) is 13.3. The van der Waals surface area contributed by atoms with Crippen molar-refractivity contribution in [3.63, 3.8) is 0 Å². The van der Waals surface area contributed by atoms with Crippen LogP contribution in [0.3, 0.4) is 0 Å². The van der Waals surface area contributed by atoms with Crippen LogP contribution in [0, 0.1) is 19.8 Å². The molecular formula is C16H25N2+. The van der Waals surface area contributed by atoms with E-state index in [1.54, 1.807) is 0 Å². The third kappa shape index (κ3) is 2.49. The molecule has 1 aliphatic carbocycles. The molecule has 2 nitrogen and oxygen atoms in total. The van der Waals surface area contributed by atoms with Gasteiger partial charge in [0.25, 0.3) is 0 Å². The zero-order valence-corrected chi connectivity index (χ0v) is 12.2. The van der Waals surface area contributed by atoms with E-state index in [1.165, 1.54) is 28.9 Å². The van der Waals surface area contributed by atoms with E-state index in [0.717, 1.165) is 12.3 Å². The highest BCUT2D eigenvalue weighted by Gasteiger charge is 2.30. The Kier molecular flexibility index (Phi) is 3.86. The van der Waals surface area contributed by atoms with Gasteiger partial charge in [-0.05, 0) is 44.9 Å². The normalized spacial score (nSPS) is 24.5. The van der Waals surface area contributed by atoms with Crippen molar-refractivity contribution in [2.24, 2.45) is 5.92 Å². The highest BCUT2D eigenvalue weighted by atomic mass is 15.0. The van der Waals surface area contributed by atoms with Gasteiger partial charge in [0.1, 0.15) is 0 Å². The number of nitrogens with zero attached hydrogens (tertiary/aromatic N) is 1. The van der Waals surface area contributed by atoms with Crippen molar-refractivity contribution >= 4 is 5.70 Å². The molecule has 0 saturated heterocycles. The highest BCUT2D eigenvalue weighted by molar-refractivity contribution is 5.43. The molecule has 1 aromatic rings. The van der Waals surface area contributed by atoms with Crippen molar-refractivity contribution in [1.29, 1.82) is 0 Å². The van der Waals surface area contributed by atoms with E-state index in [-0.39, 0.29) is 0 Å². The number of hydrogen-bond donors (Lipinski definition) is 1. The molecule has 2 atom stereocenters. The molecule has 0 radical (unpaired) electrons. The Bertz CT molecular complexity index is 474. The van der Waals surface area contributed by atoms with Gasteiger partial charge in [0.05, 0.1) is 0 Å². The van der Waals surface area contributed by atoms with Gasteiger partial charge in [0.2, 0.25) is 0 Å². The molecule has 2 rings (SSSR count). The topological polar surface area (TPSA) is 15.9 Å². The summed E-state index contributed by atoms with van der Waals surface area (Å²) in [5.74, 6) is 0.726. The molecule has 0 saturated carbocycles. The Morgan fingerprint density at radius 2 is 1.89 bits per heavy atom. The summed E-state index contributed by atoms with van der Waals surface area (Å²) in [7, 11) is 2.08. The van der Waals surface area contributed by atoms with Crippen LogP contribution >= 0.6 is 0 Å². The Hall–Kier alpha value is -1.15. The predicted molar refractivity (Wildman–Crippen MR) is 76.2 cm³/mol. The lowest BCUT2D eigenvalue weighted by Gasteiger charge is -2.28. The molecule has 0 amide bonds. The minimum atomic E-state index is 0.594. The third-order valence-corrected chi connectivity index (χ3v) is 4.18. The molecule has 0 spiro atoms. The SMILES string of the molecule is CNC1CC([n+]2cc(C)ccc2C)=C(C)CC1C. The average molecular weight is 245 g/mol. The Balaban J connectivity index is 2.42. The molecule has 0 aromatic carbocycles. The molecule has 1 aliphatic rings. The number of pyridine rings is 1. The lowest BCUT2D eigenvalue weighted by Crippen LogP contribution is -2.44. The summed E-state index contributed by atoms with van der Waals surface area (Å²) in [5, 5.41) is 3.46. The van der Waals surface area contributed by atoms with Crippen LogP contribution in [-0.2, 0) is 0 Å². The first-order valence-electron chi connectivity index (χ1n) is 6.88. The zero-order chi connectivity index (χ0) is 13.3. The largest absolute Gasteiger partial charge is 0.316 e. The lowest BCUT2D eigenvalue weighted by atomic mass is 9.84. The van der Waals surface area contributed by atoms with Crippen molar-refractivity contribution in [3.8, 4) is 0 Å². The maximum atomic E-state index is 3.46. The van der Waals surface area contributed by atoms with Crippen LogP contribution in [0.15, 0.2) is 23.9 Å². The van der Waals surface area contributed by atoms with Crippen LogP contribution in [-0.4, -0.2) is 13.1 Å². The van der Waals surface area contributed by atoms with E-state index in [1.807, 2.05) is 0 Å². The van der Waals surface area contributed by atoms with Gasteiger partial charge in [-0.3, -0.25) is 0 Å². The summed E-state index contributed by atoms with van der Waals surface area (Å²) in [4.78, 5) is 0. The summed E-state index contributed by atoms with van der Waals surface area (Å²) in [6.07, 6.45) is 4.58. The quantitative estimate of drug-likeness (QED) is 0.792. The maximum absolute atomic E-state index is 3.46. The van der Waals surface area contributed by atoms with Crippen LogP contribution in [0.5, 0.6) is 0 Å². The number of allylic oxidation sites excluding steroid dienone is 1. The lowest BCUT2D eigenvalue weighted by molar-refractivity contribution is -0.592. The molecule has 2 heteroatoms. The van der Waals surface area contributed by atoms with E-state index in [4.69, 9.17) is 0 Å². The van der Waals surface area contributed by atoms with Crippen LogP contribution in [0.1, 0.15) is 37.9 Å².